The van der Waals surface area contributed by atoms with E-state index in [1.165, 1.54) is 0 Å². The van der Waals surface area contributed by atoms with E-state index in [0.717, 1.165) is 28.6 Å². The monoisotopic (exact) mass is 478 g/mol. The van der Waals surface area contributed by atoms with Crippen molar-refractivity contribution in [1.29, 1.82) is 0 Å². The third-order valence-electron chi connectivity index (χ3n) is 5.91. The molecule has 2 aromatic carbocycles. The lowest BCUT2D eigenvalue weighted by molar-refractivity contribution is -0.136. The average molecular weight is 479 g/mol. The summed E-state index contributed by atoms with van der Waals surface area (Å²) >= 11 is 0. The average Bonchev–Trinajstić information content (AvgIpc) is 3.51. The normalized spacial score (nSPS) is 13.0. The Kier molecular flexibility index (Phi) is 7.99. The van der Waals surface area contributed by atoms with E-state index in [9.17, 15) is 4.79 Å². The van der Waals surface area contributed by atoms with Crippen molar-refractivity contribution in [2.45, 2.75) is 39.3 Å². The Hall–Kier alpha value is -3.85. The Labute approximate surface area is 203 Å². The van der Waals surface area contributed by atoms with Gasteiger partial charge < -0.3 is 29.3 Å². The molecule has 0 saturated carbocycles. The number of anilines is 1. The molecule has 0 fully saturated rings. The molecule has 2 aromatic heterocycles. The fourth-order valence-electron chi connectivity index (χ4n) is 3.61. The standard InChI is InChI=1S/C26H30N4O5/c1-3-17(2)21(28-20-10-8-18(9-11-20)15-27-13-12-24(31)32)16-33-26-30-29-25(35-26)23-14-19-6-4-5-7-22(19)34-23/h4-11,14,17,21,27-28H,3,12-13,15-16H2,1-2H3,(H,31,32)/t17-,21+/m0/s1. The van der Waals surface area contributed by atoms with Gasteiger partial charge in [0.05, 0.1) is 12.5 Å². The highest BCUT2D eigenvalue weighted by atomic mass is 16.6. The number of ether oxygens (including phenoxy) is 1. The van der Waals surface area contributed by atoms with Gasteiger partial charge in [-0.2, -0.15) is 0 Å². The van der Waals surface area contributed by atoms with Crippen molar-refractivity contribution in [2.75, 3.05) is 18.5 Å². The third kappa shape index (κ3) is 6.60. The predicted octanol–water partition coefficient (Wildman–Crippen LogP) is 4.95. The first-order valence-electron chi connectivity index (χ1n) is 11.7. The van der Waals surface area contributed by atoms with Crippen LogP contribution in [0.4, 0.5) is 5.69 Å². The van der Waals surface area contributed by atoms with Crippen molar-refractivity contribution < 1.29 is 23.5 Å². The predicted molar refractivity (Wildman–Crippen MR) is 132 cm³/mol. The maximum Gasteiger partial charge on any atom is 0.415 e. The summed E-state index contributed by atoms with van der Waals surface area (Å²) in [4.78, 5) is 10.6. The fraction of sp³-hybridized carbons (Fsp3) is 0.346. The lowest BCUT2D eigenvalue weighted by Crippen LogP contribution is -2.33. The van der Waals surface area contributed by atoms with E-state index >= 15 is 0 Å². The lowest BCUT2D eigenvalue weighted by Gasteiger charge is -2.24. The van der Waals surface area contributed by atoms with Crippen LogP contribution < -0.4 is 15.4 Å². The van der Waals surface area contributed by atoms with Gasteiger partial charge >= 0.3 is 12.0 Å². The summed E-state index contributed by atoms with van der Waals surface area (Å²) < 4.78 is 17.3. The summed E-state index contributed by atoms with van der Waals surface area (Å²) in [7, 11) is 0. The maximum atomic E-state index is 10.6. The molecule has 0 bridgehead atoms. The topological polar surface area (TPSA) is 123 Å². The van der Waals surface area contributed by atoms with Gasteiger partial charge in [0.15, 0.2) is 5.76 Å². The Morgan fingerprint density at radius 3 is 2.66 bits per heavy atom. The van der Waals surface area contributed by atoms with E-state index in [1.807, 2.05) is 54.6 Å². The Morgan fingerprint density at radius 2 is 1.91 bits per heavy atom. The molecular formula is C26H30N4O5. The van der Waals surface area contributed by atoms with E-state index in [4.69, 9.17) is 18.7 Å². The fourth-order valence-corrected chi connectivity index (χ4v) is 3.61. The van der Waals surface area contributed by atoms with Gasteiger partial charge in [0, 0.05) is 24.2 Å². The van der Waals surface area contributed by atoms with Gasteiger partial charge in [0.2, 0.25) is 0 Å². The molecule has 184 valence electrons. The van der Waals surface area contributed by atoms with Gasteiger partial charge in [-0.05, 0) is 35.7 Å². The van der Waals surface area contributed by atoms with Crippen LogP contribution in [0.5, 0.6) is 6.08 Å². The first-order valence-corrected chi connectivity index (χ1v) is 11.7. The number of hydrogen-bond donors (Lipinski definition) is 3. The molecule has 0 saturated heterocycles. The number of nitrogens with one attached hydrogen (secondary N) is 2. The molecule has 35 heavy (non-hydrogen) atoms. The molecule has 9 nitrogen and oxygen atoms in total. The van der Waals surface area contributed by atoms with Gasteiger partial charge in [-0.3, -0.25) is 4.79 Å². The van der Waals surface area contributed by atoms with Crippen LogP contribution in [-0.4, -0.2) is 40.5 Å². The van der Waals surface area contributed by atoms with Gasteiger partial charge in [-0.15, -0.1) is 5.10 Å². The number of hydrogen-bond acceptors (Lipinski definition) is 8. The second-order valence-corrected chi connectivity index (χ2v) is 8.49. The number of aromatic nitrogens is 2. The quantitative estimate of drug-likeness (QED) is 0.229. The smallest absolute Gasteiger partial charge is 0.415 e. The van der Waals surface area contributed by atoms with Crippen LogP contribution in [0, 0.1) is 5.92 Å². The summed E-state index contributed by atoms with van der Waals surface area (Å²) in [6.07, 6.45) is 1.18. The van der Waals surface area contributed by atoms with Crippen molar-refractivity contribution in [3.8, 4) is 17.7 Å². The number of fused-ring (bicyclic) bond motifs is 1. The number of furan rings is 1. The molecule has 0 unspecified atom stereocenters. The highest BCUT2D eigenvalue weighted by Gasteiger charge is 2.20. The summed E-state index contributed by atoms with van der Waals surface area (Å²) in [5, 5.41) is 24.4. The number of carboxylic acids is 1. The van der Waals surface area contributed by atoms with Gasteiger partial charge in [-0.1, -0.05) is 55.7 Å². The van der Waals surface area contributed by atoms with Crippen molar-refractivity contribution in [1.82, 2.24) is 15.5 Å². The summed E-state index contributed by atoms with van der Waals surface area (Å²) in [6.45, 7) is 5.72. The van der Waals surface area contributed by atoms with Crippen LogP contribution in [0.25, 0.3) is 22.6 Å². The molecule has 0 aliphatic heterocycles. The first kappa shape index (κ1) is 24.3. The Morgan fingerprint density at radius 1 is 1.11 bits per heavy atom. The summed E-state index contributed by atoms with van der Waals surface area (Å²) in [6, 6.07) is 17.6. The van der Waals surface area contributed by atoms with Crippen molar-refractivity contribution in [3.63, 3.8) is 0 Å². The SMILES string of the molecule is CC[C@H](C)[C@@H](COc1nnc(-c2cc3ccccc3o2)o1)Nc1ccc(CNCCC(=O)O)cc1. The zero-order valence-electron chi connectivity index (χ0n) is 19.9. The molecule has 0 amide bonds. The Balaban J connectivity index is 1.33. The number of benzene rings is 2. The molecule has 0 spiro atoms. The number of aliphatic carboxylic acids is 1. The van der Waals surface area contributed by atoms with E-state index in [0.29, 0.717) is 31.4 Å². The van der Waals surface area contributed by atoms with Crippen molar-refractivity contribution in [3.05, 3.63) is 60.2 Å². The number of carbonyl (C=O) groups is 1. The molecule has 0 aliphatic carbocycles. The van der Waals surface area contributed by atoms with Crippen LogP contribution in [0.2, 0.25) is 0 Å². The second kappa shape index (κ2) is 11.5. The molecule has 9 heteroatoms. The maximum absolute atomic E-state index is 10.6. The highest BCUT2D eigenvalue weighted by Crippen LogP contribution is 2.28. The van der Waals surface area contributed by atoms with Gasteiger partial charge in [0.1, 0.15) is 12.2 Å². The van der Waals surface area contributed by atoms with E-state index in [1.54, 1.807) is 0 Å². The van der Waals surface area contributed by atoms with Crippen LogP contribution in [0.1, 0.15) is 32.3 Å². The summed E-state index contributed by atoms with van der Waals surface area (Å²) in [5.74, 6) is 0.311. The highest BCUT2D eigenvalue weighted by molar-refractivity contribution is 5.81. The van der Waals surface area contributed by atoms with Crippen molar-refractivity contribution >= 4 is 22.6 Å². The van der Waals surface area contributed by atoms with Crippen molar-refractivity contribution in [2.24, 2.45) is 5.92 Å². The number of rotatable bonds is 13. The molecule has 4 aromatic rings. The van der Waals surface area contributed by atoms with Crippen LogP contribution in [0.3, 0.4) is 0 Å². The zero-order valence-corrected chi connectivity index (χ0v) is 19.9. The minimum absolute atomic E-state index is 0.0288. The number of para-hydroxylation sites is 1. The van der Waals surface area contributed by atoms with E-state index < -0.39 is 5.97 Å². The first-order chi connectivity index (χ1) is 17.0. The number of nitrogens with zero attached hydrogens (tertiary/aromatic N) is 2. The van der Waals surface area contributed by atoms with E-state index in [-0.39, 0.29) is 24.4 Å². The molecule has 3 N–H and O–H groups in total. The Bertz CT molecular complexity index is 1200. The summed E-state index contributed by atoms with van der Waals surface area (Å²) in [5.41, 5.74) is 2.81. The van der Waals surface area contributed by atoms with Gasteiger partial charge in [-0.25, -0.2) is 0 Å². The molecule has 2 heterocycles. The van der Waals surface area contributed by atoms with Crippen LogP contribution in [0.15, 0.2) is 63.4 Å². The minimum atomic E-state index is -0.804. The third-order valence-corrected chi connectivity index (χ3v) is 5.91. The van der Waals surface area contributed by atoms with Crippen LogP contribution in [-0.2, 0) is 11.3 Å². The molecule has 0 radical (unpaired) electrons. The lowest BCUT2D eigenvalue weighted by atomic mass is 9.99. The largest absolute Gasteiger partial charge is 0.481 e. The molecule has 2 atom stereocenters. The van der Waals surface area contributed by atoms with Gasteiger partial charge in [0.25, 0.3) is 5.89 Å². The minimum Gasteiger partial charge on any atom is -0.481 e. The number of carboxylic acid groups (broad SMARTS) is 1. The zero-order chi connectivity index (χ0) is 24.6. The van der Waals surface area contributed by atoms with Crippen LogP contribution >= 0.6 is 0 Å². The second-order valence-electron chi connectivity index (χ2n) is 8.49. The van der Waals surface area contributed by atoms with E-state index in [2.05, 4.69) is 34.7 Å². The molecule has 4 rings (SSSR count). The molecule has 0 aliphatic rings. The molecular weight excluding hydrogens is 448 g/mol.